The van der Waals surface area contributed by atoms with Gasteiger partial charge >= 0.3 is 5.97 Å². The van der Waals surface area contributed by atoms with Crippen LogP contribution >= 0.6 is 11.6 Å². The number of ether oxygens (including phenoxy) is 2. The largest absolute Gasteiger partial charge is 0.496 e. The van der Waals surface area contributed by atoms with Crippen LogP contribution in [0, 0.1) is 0 Å². The summed E-state index contributed by atoms with van der Waals surface area (Å²) in [6, 6.07) is 4.55. The summed E-state index contributed by atoms with van der Waals surface area (Å²) in [6.07, 6.45) is -1.10. The van der Waals surface area contributed by atoms with Crippen LogP contribution in [-0.4, -0.2) is 43.9 Å². The molecule has 1 aromatic rings. The second-order valence-corrected chi connectivity index (χ2v) is 4.05. The minimum absolute atomic E-state index is 0.142. The van der Waals surface area contributed by atoms with Crippen molar-refractivity contribution in [3.05, 3.63) is 28.8 Å². The Balaban J connectivity index is 2.76. The van der Waals surface area contributed by atoms with E-state index in [0.29, 0.717) is 10.8 Å². The third-order valence-electron chi connectivity index (χ3n) is 2.42. The molecule has 1 aromatic carbocycles. The van der Waals surface area contributed by atoms with E-state index in [1.165, 1.54) is 26.4 Å². The number of rotatable bonds is 6. The van der Waals surface area contributed by atoms with Crippen LogP contribution in [-0.2, 0) is 9.53 Å². The average Bonchev–Trinajstić information content (AvgIpc) is 2.38. The van der Waals surface area contributed by atoms with E-state index in [4.69, 9.17) is 26.2 Å². The highest BCUT2D eigenvalue weighted by atomic mass is 35.5. The summed E-state index contributed by atoms with van der Waals surface area (Å²) in [6.45, 7) is -0.142. The number of hydrogen-bond acceptors (Lipinski definition) is 4. The third kappa shape index (κ3) is 4.11. The molecule has 1 amide bonds. The van der Waals surface area contributed by atoms with Gasteiger partial charge in [0.25, 0.3) is 5.91 Å². The first-order chi connectivity index (χ1) is 8.99. The summed E-state index contributed by atoms with van der Waals surface area (Å²) in [5, 5.41) is 11.7. The molecular formula is C12H14ClNO5. The molecule has 2 N–H and O–H groups in total. The molecule has 0 aliphatic carbocycles. The molecule has 104 valence electrons. The average molecular weight is 288 g/mol. The minimum atomic E-state index is -1.15. The van der Waals surface area contributed by atoms with Gasteiger partial charge in [-0.05, 0) is 18.2 Å². The van der Waals surface area contributed by atoms with Gasteiger partial charge in [0.05, 0.1) is 19.2 Å². The van der Waals surface area contributed by atoms with Crippen molar-refractivity contribution in [2.45, 2.75) is 6.10 Å². The first-order valence-corrected chi connectivity index (χ1v) is 5.74. The fraction of sp³-hybridized carbons (Fsp3) is 0.333. The molecule has 19 heavy (non-hydrogen) atoms. The van der Waals surface area contributed by atoms with Crippen LogP contribution in [0.4, 0.5) is 0 Å². The maximum Gasteiger partial charge on any atom is 0.334 e. The molecule has 0 bridgehead atoms. The van der Waals surface area contributed by atoms with Gasteiger partial charge in [-0.1, -0.05) is 11.6 Å². The predicted molar refractivity (Wildman–Crippen MR) is 68.8 cm³/mol. The molecule has 6 nitrogen and oxygen atoms in total. The maximum atomic E-state index is 11.9. The van der Waals surface area contributed by atoms with E-state index in [0.717, 1.165) is 0 Å². The third-order valence-corrected chi connectivity index (χ3v) is 2.65. The quantitative estimate of drug-likeness (QED) is 0.820. The van der Waals surface area contributed by atoms with Crippen LogP contribution in [0.3, 0.4) is 0 Å². The molecular weight excluding hydrogens is 274 g/mol. The smallest absolute Gasteiger partial charge is 0.334 e. The summed E-state index contributed by atoms with van der Waals surface area (Å²) >= 11 is 5.78. The van der Waals surface area contributed by atoms with Crippen molar-refractivity contribution < 1.29 is 24.2 Å². The maximum absolute atomic E-state index is 11.9. The lowest BCUT2D eigenvalue weighted by Gasteiger charge is -2.13. The summed E-state index contributed by atoms with van der Waals surface area (Å²) in [5.74, 6) is -1.29. The predicted octanol–water partition coefficient (Wildman–Crippen LogP) is 1.18. The zero-order chi connectivity index (χ0) is 14.4. The Morgan fingerprint density at radius 3 is 2.63 bits per heavy atom. The Hall–Kier alpha value is -1.79. The Kier molecular flexibility index (Phi) is 5.59. The molecule has 0 aromatic heterocycles. The van der Waals surface area contributed by atoms with Gasteiger partial charge in [-0.15, -0.1) is 0 Å². The normalized spacial score (nSPS) is 11.7. The SMILES string of the molecule is COc1cc(Cl)ccc1C(=O)NCC(OC)C(=O)O. The second kappa shape index (κ2) is 6.96. The van der Waals surface area contributed by atoms with Crippen LogP contribution in [0.1, 0.15) is 10.4 Å². The number of aliphatic carboxylic acids is 1. The summed E-state index contributed by atoms with van der Waals surface area (Å²) in [5.41, 5.74) is 0.271. The van der Waals surface area contributed by atoms with Gasteiger partial charge in [0.2, 0.25) is 0 Å². The molecule has 0 saturated heterocycles. The number of hydrogen-bond donors (Lipinski definition) is 2. The fourth-order valence-electron chi connectivity index (χ4n) is 1.40. The zero-order valence-electron chi connectivity index (χ0n) is 10.5. The molecule has 0 aliphatic rings. The number of benzene rings is 1. The van der Waals surface area contributed by atoms with E-state index >= 15 is 0 Å². The molecule has 7 heteroatoms. The first kappa shape index (κ1) is 15.3. The highest BCUT2D eigenvalue weighted by molar-refractivity contribution is 6.30. The standard InChI is InChI=1S/C12H14ClNO5/c1-18-9-5-7(13)3-4-8(9)11(15)14-6-10(19-2)12(16)17/h3-5,10H,6H2,1-2H3,(H,14,15)(H,16,17). The van der Waals surface area contributed by atoms with Gasteiger partial charge in [0.15, 0.2) is 6.10 Å². The van der Waals surface area contributed by atoms with Crippen molar-refractivity contribution in [1.82, 2.24) is 5.32 Å². The Bertz CT molecular complexity index is 477. The highest BCUT2D eigenvalue weighted by Gasteiger charge is 2.19. The Morgan fingerprint density at radius 2 is 2.11 bits per heavy atom. The van der Waals surface area contributed by atoms with Gasteiger partial charge in [-0.3, -0.25) is 4.79 Å². The first-order valence-electron chi connectivity index (χ1n) is 5.37. The number of methoxy groups -OCH3 is 2. The molecule has 0 fully saturated rings. The number of nitrogens with one attached hydrogen (secondary N) is 1. The number of carboxylic acid groups (broad SMARTS) is 1. The van der Waals surface area contributed by atoms with Crippen LogP contribution in [0.25, 0.3) is 0 Å². The van der Waals surface area contributed by atoms with Crippen molar-refractivity contribution in [3.63, 3.8) is 0 Å². The van der Waals surface area contributed by atoms with E-state index in [1.54, 1.807) is 6.07 Å². The van der Waals surface area contributed by atoms with Crippen molar-refractivity contribution >= 4 is 23.5 Å². The van der Waals surface area contributed by atoms with Gasteiger partial charge in [0, 0.05) is 12.1 Å². The Labute approximate surface area is 115 Å². The van der Waals surface area contributed by atoms with Crippen molar-refractivity contribution in [2.24, 2.45) is 0 Å². The summed E-state index contributed by atoms with van der Waals surface area (Å²) in [4.78, 5) is 22.6. The monoisotopic (exact) mass is 287 g/mol. The number of amides is 1. The number of carboxylic acids is 1. The van der Waals surface area contributed by atoms with Crippen LogP contribution in [0.15, 0.2) is 18.2 Å². The lowest BCUT2D eigenvalue weighted by atomic mass is 10.2. The Morgan fingerprint density at radius 1 is 1.42 bits per heavy atom. The highest BCUT2D eigenvalue weighted by Crippen LogP contribution is 2.22. The molecule has 0 heterocycles. The van der Waals surface area contributed by atoms with Crippen molar-refractivity contribution in [3.8, 4) is 5.75 Å². The molecule has 1 rings (SSSR count). The summed E-state index contributed by atoms with van der Waals surface area (Å²) in [7, 11) is 2.67. The molecule has 1 unspecified atom stereocenters. The van der Waals surface area contributed by atoms with E-state index in [9.17, 15) is 9.59 Å². The summed E-state index contributed by atoms with van der Waals surface area (Å²) < 4.78 is 9.74. The fourth-order valence-corrected chi connectivity index (χ4v) is 1.57. The zero-order valence-corrected chi connectivity index (χ0v) is 11.2. The van der Waals surface area contributed by atoms with E-state index in [1.807, 2.05) is 0 Å². The van der Waals surface area contributed by atoms with Gasteiger partial charge in [-0.2, -0.15) is 0 Å². The number of carbonyl (C=O) groups excluding carboxylic acids is 1. The minimum Gasteiger partial charge on any atom is -0.496 e. The number of halogens is 1. The van der Waals surface area contributed by atoms with E-state index in [-0.39, 0.29) is 12.1 Å². The van der Waals surface area contributed by atoms with Gasteiger partial charge in [0.1, 0.15) is 5.75 Å². The van der Waals surface area contributed by atoms with Crippen molar-refractivity contribution in [2.75, 3.05) is 20.8 Å². The molecule has 0 spiro atoms. The van der Waals surface area contributed by atoms with Crippen LogP contribution in [0.2, 0.25) is 5.02 Å². The van der Waals surface area contributed by atoms with Crippen LogP contribution in [0.5, 0.6) is 5.75 Å². The molecule has 0 aliphatic heterocycles. The molecule has 1 atom stereocenters. The number of carbonyl (C=O) groups is 2. The van der Waals surface area contributed by atoms with E-state index in [2.05, 4.69) is 5.32 Å². The molecule has 0 radical (unpaired) electrons. The van der Waals surface area contributed by atoms with E-state index < -0.39 is 18.0 Å². The second-order valence-electron chi connectivity index (χ2n) is 3.62. The van der Waals surface area contributed by atoms with Crippen LogP contribution < -0.4 is 10.1 Å². The lowest BCUT2D eigenvalue weighted by Crippen LogP contribution is -2.37. The van der Waals surface area contributed by atoms with Crippen molar-refractivity contribution in [1.29, 1.82) is 0 Å². The topological polar surface area (TPSA) is 84.9 Å². The van der Waals surface area contributed by atoms with Gasteiger partial charge < -0.3 is 19.9 Å². The molecule has 0 saturated carbocycles. The lowest BCUT2D eigenvalue weighted by molar-refractivity contribution is -0.148. The van der Waals surface area contributed by atoms with Gasteiger partial charge in [-0.25, -0.2) is 4.79 Å².